The van der Waals surface area contributed by atoms with E-state index in [9.17, 15) is 9.90 Å². The molecule has 0 bridgehead atoms. The molecule has 1 fully saturated rings. The first-order chi connectivity index (χ1) is 11.6. The molecule has 1 atom stereocenters. The van der Waals surface area contributed by atoms with Crippen molar-refractivity contribution in [3.63, 3.8) is 0 Å². The summed E-state index contributed by atoms with van der Waals surface area (Å²) in [5, 5.41) is 10.3. The van der Waals surface area contributed by atoms with E-state index in [1.54, 1.807) is 12.3 Å². The number of likely N-dealkylation sites (tertiary alicyclic amines) is 1. The first kappa shape index (κ1) is 17.2. The van der Waals surface area contributed by atoms with Gasteiger partial charge in [0.05, 0.1) is 22.0 Å². The predicted octanol–water partition coefficient (Wildman–Crippen LogP) is 4.27. The standard InChI is InChI=1S/C18H18Cl2N2O2/c19-15-5-1-4-14(16(15)20)17(13-3-2-8-21-11-13)22-9-6-12(7-10-22)18(23)24/h1-5,8,11-12,17H,6-7,9-10H2,(H,23,24). The molecule has 24 heavy (non-hydrogen) atoms. The topological polar surface area (TPSA) is 53.4 Å². The Kier molecular flexibility index (Phi) is 5.39. The summed E-state index contributed by atoms with van der Waals surface area (Å²) in [6, 6.07) is 9.44. The summed E-state index contributed by atoms with van der Waals surface area (Å²) in [6.07, 6.45) is 4.82. The number of carbonyl (C=O) groups is 1. The van der Waals surface area contributed by atoms with Gasteiger partial charge >= 0.3 is 5.97 Å². The summed E-state index contributed by atoms with van der Waals surface area (Å²) in [7, 11) is 0. The molecule has 0 amide bonds. The zero-order valence-electron chi connectivity index (χ0n) is 13.0. The van der Waals surface area contributed by atoms with Crippen molar-refractivity contribution < 1.29 is 9.90 Å². The lowest BCUT2D eigenvalue weighted by Crippen LogP contribution is -2.39. The van der Waals surface area contributed by atoms with Gasteiger partial charge < -0.3 is 5.11 Å². The molecule has 4 nitrogen and oxygen atoms in total. The van der Waals surface area contributed by atoms with E-state index >= 15 is 0 Å². The molecule has 2 heterocycles. The highest BCUT2D eigenvalue weighted by Gasteiger charge is 2.31. The number of carboxylic acids is 1. The van der Waals surface area contributed by atoms with Gasteiger partial charge in [-0.15, -0.1) is 0 Å². The van der Waals surface area contributed by atoms with E-state index in [4.69, 9.17) is 23.2 Å². The maximum atomic E-state index is 11.2. The van der Waals surface area contributed by atoms with Crippen molar-refractivity contribution >= 4 is 29.2 Å². The van der Waals surface area contributed by atoms with Crippen molar-refractivity contribution in [1.82, 2.24) is 9.88 Å². The summed E-state index contributed by atoms with van der Waals surface area (Å²) in [6.45, 7) is 1.39. The molecular weight excluding hydrogens is 347 g/mol. The highest BCUT2D eigenvalue weighted by molar-refractivity contribution is 6.42. The number of carboxylic acid groups (broad SMARTS) is 1. The van der Waals surface area contributed by atoms with Crippen LogP contribution in [0.2, 0.25) is 10.0 Å². The van der Waals surface area contributed by atoms with Crippen LogP contribution >= 0.6 is 23.2 Å². The number of nitrogens with zero attached hydrogens (tertiary/aromatic N) is 2. The van der Waals surface area contributed by atoms with Crippen LogP contribution < -0.4 is 0 Å². The number of rotatable bonds is 4. The molecule has 126 valence electrons. The fourth-order valence-electron chi connectivity index (χ4n) is 3.26. The Labute approximate surface area is 151 Å². The van der Waals surface area contributed by atoms with Crippen molar-refractivity contribution in [2.45, 2.75) is 18.9 Å². The smallest absolute Gasteiger partial charge is 0.306 e. The van der Waals surface area contributed by atoms with Crippen molar-refractivity contribution in [2.75, 3.05) is 13.1 Å². The molecule has 1 saturated heterocycles. The van der Waals surface area contributed by atoms with Crippen LogP contribution in [0.5, 0.6) is 0 Å². The largest absolute Gasteiger partial charge is 0.481 e. The molecule has 0 spiro atoms. The van der Waals surface area contributed by atoms with Crippen molar-refractivity contribution in [1.29, 1.82) is 0 Å². The lowest BCUT2D eigenvalue weighted by molar-refractivity contribution is -0.143. The molecule has 1 N–H and O–H groups in total. The van der Waals surface area contributed by atoms with Crippen LogP contribution in [-0.2, 0) is 4.79 Å². The van der Waals surface area contributed by atoms with Gasteiger partial charge in [0.15, 0.2) is 0 Å². The van der Waals surface area contributed by atoms with Gasteiger partial charge in [-0.05, 0) is 49.2 Å². The van der Waals surface area contributed by atoms with Gasteiger partial charge in [0, 0.05) is 12.4 Å². The Morgan fingerprint density at radius 2 is 1.96 bits per heavy atom. The molecular formula is C18H18Cl2N2O2. The van der Waals surface area contributed by atoms with E-state index in [1.165, 1.54) is 0 Å². The quantitative estimate of drug-likeness (QED) is 0.879. The summed E-state index contributed by atoms with van der Waals surface area (Å²) < 4.78 is 0. The number of aliphatic carboxylic acids is 1. The van der Waals surface area contributed by atoms with Crippen LogP contribution in [0.1, 0.15) is 30.0 Å². The van der Waals surface area contributed by atoms with Gasteiger partial charge in [-0.1, -0.05) is 41.4 Å². The third kappa shape index (κ3) is 3.56. The minimum atomic E-state index is -0.714. The zero-order chi connectivity index (χ0) is 17.1. The van der Waals surface area contributed by atoms with Crippen molar-refractivity contribution in [3.05, 3.63) is 63.9 Å². The van der Waals surface area contributed by atoms with Crippen LogP contribution in [0.4, 0.5) is 0 Å². The number of aromatic nitrogens is 1. The number of benzene rings is 1. The fourth-order valence-corrected chi connectivity index (χ4v) is 3.67. The minimum Gasteiger partial charge on any atom is -0.481 e. The van der Waals surface area contributed by atoms with E-state index in [0.717, 1.165) is 11.1 Å². The third-order valence-electron chi connectivity index (χ3n) is 4.52. The molecule has 1 aromatic heterocycles. The monoisotopic (exact) mass is 364 g/mol. The molecule has 6 heteroatoms. The maximum Gasteiger partial charge on any atom is 0.306 e. The molecule has 1 unspecified atom stereocenters. The maximum absolute atomic E-state index is 11.2. The lowest BCUT2D eigenvalue weighted by atomic mass is 9.92. The summed E-state index contributed by atoms with van der Waals surface area (Å²) in [4.78, 5) is 17.7. The van der Waals surface area contributed by atoms with Crippen molar-refractivity contribution in [2.24, 2.45) is 5.92 Å². The van der Waals surface area contributed by atoms with Gasteiger partial charge in [-0.3, -0.25) is 14.7 Å². The molecule has 3 rings (SSSR count). The number of halogens is 2. The first-order valence-corrected chi connectivity index (χ1v) is 8.64. The average molecular weight is 365 g/mol. The second-order valence-electron chi connectivity index (χ2n) is 5.98. The highest BCUT2D eigenvalue weighted by Crippen LogP contribution is 2.38. The van der Waals surface area contributed by atoms with Gasteiger partial charge in [-0.2, -0.15) is 0 Å². The average Bonchev–Trinajstić information content (AvgIpc) is 2.60. The Morgan fingerprint density at radius 1 is 1.21 bits per heavy atom. The Balaban J connectivity index is 1.95. The SMILES string of the molecule is O=C(O)C1CCN(C(c2cccnc2)c2cccc(Cl)c2Cl)CC1. The Bertz CT molecular complexity index is 716. The molecule has 1 aliphatic heterocycles. The predicted molar refractivity (Wildman–Crippen MR) is 94.5 cm³/mol. The summed E-state index contributed by atoms with van der Waals surface area (Å²) in [5.74, 6) is -0.987. The number of hydrogen-bond acceptors (Lipinski definition) is 3. The van der Waals surface area contributed by atoms with E-state index in [2.05, 4.69) is 9.88 Å². The fraction of sp³-hybridized carbons (Fsp3) is 0.333. The molecule has 1 aliphatic rings. The minimum absolute atomic E-state index is 0.0837. The number of pyridine rings is 1. The Morgan fingerprint density at radius 3 is 2.58 bits per heavy atom. The van der Waals surface area contributed by atoms with E-state index in [1.807, 2.05) is 30.5 Å². The normalized spacial score (nSPS) is 17.6. The van der Waals surface area contributed by atoms with E-state index in [0.29, 0.717) is 36.0 Å². The Hall–Kier alpha value is -1.62. The van der Waals surface area contributed by atoms with E-state index < -0.39 is 5.97 Å². The summed E-state index contributed by atoms with van der Waals surface area (Å²) in [5.41, 5.74) is 1.95. The van der Waals surface area contributed by atoms with Crippen LogP contribution in [-0.4, -0.2) is 34.0 Å². The van der Waals surface area contributed by atoms with Gasteiger partial charge in [0.1, 0.15) is 0 Å². The molecule has 0 saturated carbocycles. The van der Waals surface area contributed by atoms with Gasteiger partial charge in [-0.25, -0.2) is 0 Å². The molecule has 0 radical (unpaired) electrons. The molecule has 1 aromatic carbocycles. The van der Waals surface area contributed by atoms with Gasteiger partial charge in [0.25, 0.3) is 0 Å². The van der Waals surface area contributed by atoms with Crippen LogP contribution in [0.25, 0.3) is 0 Å². The molecule has 0 aliphatic carbocycles. The zero-order valence-corrected chi connectivity index (χ0v) is 14.5. The van der Waals surface area contributed by atoms with Crippen LogP contribution in [0, 0.1) is 5.92 Å². The summed E-state index contributed by atoms with van der Waals surface area (Å²) >= 11 is 12.7. The lowest BCUT2D eigenvalue weighted by Gasteiger charge is -2.37. The molecule has 2 aromatic rings. The first-order valence-electron chi connectivity index (χ1n) is 7.88. The van der Waals surface area contributed by atoms with Crippen molar-refractivity contribution in [3.8, 4) is 0 Å². The second kappa shape index (κ2) is 7.51. The van der Waals surface area contributed by atoms with Crippen LogP contribution in [0.15, 0.2) is 42.7 Å². The van der Waals surface area contributed by atoms with E-state index in [-0.39, 0.29) is 12.0 Å². The van der Waals surface area contributed by atoms with Gasteiger partial charge in [0.2, 0.25) is 0 Å². The highest BCUT2D eigenvalue weighted by atomic mass is 35.5. The third-order valence-corrected chi connectivity index (χ3v) is 5.35. The van der Waals surface area contributed by atoms with Crippen LogP contribution in [0.3, 0.4) is 0 Å². The number of piperidine rings is 1. The number of hydrogen-bond donors (Lipinski definition) is 1. The second-order valence-corrected chi connectivity index (χ2v) is 6.77.